The van der Waals surface area contributed by atoms with Crippen molar-refractivity contribution in [2.75, 3.05) is 19.6 Å². The molecule has 0 bridgehead atoms. The predicted octanol–water partition coefficient (Wildman–Crippen LogP) is 3.02. The van der Waals surface area contributed by atoms with Crippen molar-refractivity contribution in [2.24, 2.45) is 11.1 Å². The van der Waals surface area contributed by atoms with Gasteiger partial charge in [-0.15, -0.1) is 0 Å². The van der Waals surface area contributed by atoms with Crippen LogP contribution in [-0.4, -0.2) is 30.6 Å². The molecule has 0 radical (unpaired) electrons. The third kappa shape index (κ3) is 3.74. The normalized spacial score (nSPS) is 22.5. The van der Waals surface area contributed by atoms with Crippen molar-refractivity contribution in [1.29, 1.82) is 0 Å². The molecule has 1 fully saturated rings. The summed E-state index contributed by atoms with van der Waals surface area (Å²) >= 11 is 0. The van der Waals surface area contributed by atoms with Crippen molar-refractivity contribution in [2.45, 2.75) is 65.3 Å². The molecule has 0 aromatic heterocycles. The number of rotatable bonds is 7. The quantitative estimate of drug-likeness (QED) is 0.723. The Morgan fingerprint density at radius 2 is 1.94 bits per heavy atom. The van der Waals surface area contributed by atoms with Gasteiger partial charge in [0.2, 0.25) is 0 Å². The lowest BCUT2D eigenvalue weighted by Gasteiger charge is -2.26. The predicted molar refractivity (Wildman–Crippen MR) is 71.6 cm³/mol. The van der Waals surface area contributed by atoms with E-state index in [0.717, 1.165) is 6.42 Å². The minimum absolute atomic E-state index is 0.421. The first kappa shape index (κ1) is 14.0. The van der Waals surface area contributed by atoms with Crippen LogP contribution >= 0.6 is 0 Å². The van der Waals surface area contributed by atoms with Crippen LogP contribution in [0.4, 0.5) is 0 Å². The molecule has 0 aromatic rings. The Hall–Kier alpha value is -0.0800. The minimum Gasteiger partial charge on any atom is -0.328 e. The second-order valence-corrected chi connectivity index (χ2v) is 5.54. The van der Waals surface area contributed by atoms with E-state index in [9.17, 15) is 0 Å². The first-order valence-corrected chi connectivity index (χ1v) is 7.13. The van der Waals surface area contributed by atoms with Gasteiger partial charge >= 0.3 is 0 Å². The van der Waals surface area contributed by atoms with Gasteiger partial charge in [0.1, 0.15) is 0 Å². The molecule has 1 rings (SSSR count). The molecule has 1 aliphatic rings. The summed E-state index contributed by atoms with van der Waals surface area (Å²) in [5, 5.41) is 0. The second-order valence-electron chi connectivity index (χ2n) is 5.54. The average Bonchev–Trinajstić information content (AvgIpc) is 2.73. The summed E-state index contributed by atoms with van der Waals surface area (Å²) < 4.78 is 0. The molecule has 96 valence electrons. The summed E-state index contributed by atoms with van der Waals surface area (Å²) in [6.07, 6.45) is 7.67. The van der Waals surface area contributed by atoms with Crippen LogP contribution in [0.2, 0.25) is 0 Å². The molecule has 2 heteroatoms. The molecule has 0 spiro atoms. The van der Waals surface area contributed by atoms with Crippen LogP contribution in [0.1, 0.15) is 59.3 Å². The van der Waals surface area contributed by atoms with Gasteiger partial charge in [-0.1, -0.05) is 20.8 Å². The molecule has 16 heavy (non-hydrogen) atoms. The topological polar surface area (TPSA) is 29.3 Å². The summed E-state index contributed by atoms with van der Waals surface area (Å²) in [6, 6.07) is 0.421. The van der Waals surface area contributed by atoms with Crippen LogP contribution in [0.3, 0.4) is 0 Å². The van der Waals surface area contributed by atoms with E-state index >= 15 is 0 Å². The summed E-state index contributed by atoms with van der Waals surface area (Å²) in [7, 11) is 0. The molecule has 0 aromatic carbocycles. The first-order chi connectivity index (χ1) is 7.65. The van der Waals surface area contributed by atoms with Crippen LogP contribution in [0.5, 0.6) is 0 Å². The Kier molecular flexibility index (Phi) is 5.77. The summed E-state index contributed by atoms with van der Waals surface area (Å²) in [5.41, 5.74) is 6.58. The van der Waals surface area contributed by atoms with Gasteiger partial charge in [0.05, 0.1) is 0 Å². The average molecular weight is 226 g/mol. The maximum absolute atomic E-state index is 5.94. The summed E-state index contributed by atoms with van der Waals surface area (Å²) in [5.74, 6) is 0. The Morgan fingerprint density at radius 3 is 2.44 bits per heavy atom. The highest BCUT2D eigenvalue weighted by Gasteiger charge is 2.34. The van der Waals surface area contributed by atoms with Crippen molar-refractivity contribution >= 4 is 0 Å². The Balaban J connectivity index is 2.21. The number of hydrogen-bond donors (Lipinski definition) is 1. The Labute approximate surface area is 102 Å². The minimum atomic E-state index is 0.421. The monoisotopic (exact) mass is 226 g/mol. The fraction of sp³-hybridized carbons (Fsp3) is 1.00. The maximum Gasteiger partial charge on any atom is 0.00382 e. The van der Waals surface area contributed by atoms with Gasteiger partial charge in [-0.05, 0) is 57.0 Å². The van der Waals surface area contributed by atoms with Gasteiger partial charge in [-0.2, -0.15) is 0 Å². The van der Waals surface area contributed by atoms with Gasteiger partial charge in [0.25, 0.3) is 0 Å². The molecule has 2 nitrogen and oxygen atoms in total. The van der Waals surface area contributed by atoms with Crippen LogP contribution < -0.4 is 5.73 Å². The van der Waals surface area contributed by atoms with E-state index in [0.29, 0.717) is 11.5 Å². The van der Waals surface area contributed by atoms with E-state index in [1.165, 1.54) is 51.7 Å². The number of likely N-dealkylation sites (tertiary alicyclic amines) is 1. The Bertz CT molecular complexity index is 187. The zero-order chi connectivity index (χ0) is 12.0. The van der Waals surface area contributed by atoms with Crippen molar-refractivity contribution in [1.82, 2.24) is 4.90 Å². The van der Waals surface area contributed by atoms with E-state index in [2.05, 4.69) is 25.7 Å². The largest absolute Gasteiger partial charge is 0.328 e. The lowest BCUT2D eigenvalue weighted by atomic mass is 9.82. The van der Waals surface area contributed by atoms with Crippen LogP contribution in [0, 0.1) is 5.41 Å². The summed E-state index contributed by atoms with van der Waals surface area (Å²) in [4.78, 5) is 2.65. The van der Waals surface area contributed by atoms with Crippen molar-refractivity contribution in [3.8, 4) is 0 Å². The van der Waals surface area contributed by atoms with Gasteiger partial charge in [-0.25, -0.2) is 0 Å². The van der Waals surface area contributed by atoms with Crippen molar-refractivity contribution in [3.63, 3.8) is 0 Å². The van der Waals surface area contributed by atoms with E-state index < -0.39 is 0 Å². The Morgan fingerprint density at radius 1 is 1.25 bits per heavy atom. The lowest BCUT2D eigenvalue weighted by Crippen LogP contribution is -2.28. The van der Waals surface area contributed by atoms with E-state index in [-0.39, 0.29) is 0 Å². The molecule has 2 N–H and O–H groups in total. The fourth-order valence-corrected chi connectivity index (χ4v) is 2.83. The lowest BCUT2D eigenvalue weighted by molar-refractivity contribution is 0.237. The highest BCUT2D eigenvalue weighted by atomic mass is 15.2. The molecule has 1 aliphatic heterocycles. The van der Waals surface area contributed by atoms with Gasteiger partial charge in [0.15, 0.2) is 0 Å². The SMILES string of the molecule is CCC(N)CCCN1CCC(CC)(CC)C1. The van der Waals surface area contributed by atoms with Gasteiger partial charge in [-0.3, -0.25) is 0 Å². The highest BCUT2D eigenvalue weighted by Crippen LogP contribution is 2.36. The smallest absolute Gasteiger partial charge is 0.00382 e. The molecule has 0 amide bonds. The third-order valence-electron chi connectivity index (χ3n) is 4.59. The fourth-order valence-electron chi connectivity index (χ4n) is 2.83. The van der Waals surface area contributed by atoms with Crippen LogP contribution in [0.25, 0.3) is 0 Å². The maximum atomic E-state index is 5.94. The molecule has 0 aliphatic carbocycles. The summed E-state index contributed by atoms with van der Waals surface area (Å²) in [6.45, 7) is 10.8. The molecule has 1 heterocycles. The number of nitrogens with two attached hydrogens (primary N) is 1. The van der Waals surface area contributed by atoms with Crippen LogP contribution in [-0.2, 0) is 0 Å². The second kappa shape index (κ2) is 6.61. The standard InChI is InChI=1S/C14H30N2/c1-4-13(15)8-7-10-16-11-9-14(5-2,6-3)12-16/h13H,4-12,15H2,1-3H3. The number of hydrogen-bond acceptors (Lipinski definition) is 2. The van der Waals surface area contributed by atoms with Crippen LogP contribution in [0.15, 0.2) is 0 Å². The number of nitrogens with zero attached hydrogens (tertiary/aromatic N) is 1. The third-order valence-corrected chi connectivity index (χ3v) is 4.59. The van der Waals surface area contributed by atoms with Crippen molar-refractivity contribution in [3.05, 3.63) is 0 Å². The van der Waals surface area contributed by atoms with E-state index in [1.54, 1.807) is 0 Å². The van der Waals surface area contributed by atoms with E-state index in [1.807, 2.05) is 0 Å². The zero-order valence-electron chi connectivity index (χ0n) is 11.5. The van der Waals surface area contributed by atoms with Gasteiger partial charge < -0.3 is 10.6 Å². The van der Waals surface area contributed by atoms with E-state index in [4.69, 9.17) is 5.73 Å². The van der Waals surface area contributed by atoms with Crippen molar-refractivity contribution < 1.29 is 0 Å². The molecular formula is C14H30N2. The molecule has 1 atom stereocenters. The molecule has 0 saturated carbocycles. The molecule has 1 unspecified atom stereocenters. The first-order valence-electron chi connectivity index (χ1n) is 7.13. The highest BCUT2D eigenvalue weighted by molar-refractivity contribution is 4.87. The molecular weight excluding hydrogens is 196 g/mol. The van der Waals surface area contributed by atoms with Gasteiger partial charge in [0, 0.05) is 12.6 Å². The molecule has 1 saturated heterocycles. The zero-order valence-corrected chi connectivity index (χ0v) is 11.5.